The molecule has 2 heterocycles. The van der Waals surface area contributed by atoms with Crippen molar-refractivity contribution in [3.8, 4) is 0 Å². The molecule has 2 rings (SSSR count). The minimum atomic E-state index is 0.976. The molecule has 0 radical (unpaired) electrons. The maximum Gasteiger partial charge on any atom is 0.0833 e. The zero-order valence-electron chi connectivity index (χ0n) is 8.71. The van der Waals surface area contributed by atoms with Crippen LogP contribution in [0.25, 0.3) is 0 Å². The van der Waals surface area contributed by atoms with E-state index in [0.717, 1.165) is 17.7 Å². The standard InChI is InChI=1S/C12H12N2OS/c15-14-9-12-6-5-11(16-12)4-3-10-2-1-7-13-8-10/h1-2,5-9,15H,3-4H2/b14-9-. The second kappa shape index (κ2) is 5.42. The SMILES string of the molecule is O/N=C\c1ccc(CCc2cccnc2)s1. The summed E-state index contributed by atoms with van der Waals surface area (Å²) >= 11 is 1.65. The summed E-state index contributed by atoms with van der Waals surface area (Å²) in [6.45, 7) is 0. The molecule has 0 aliphatic carbocycles. The summed E-state index contributed by atoms with van der Waals surface area (Å²) in [5, 5.41) is 11.4. The lowest BCUT2D eigenvalue weighted by atomic mass is 10.1. The van der Waals surface area contributed by atoms with Crippen LogP contribution >= 0.6 is 11.3 Å². The Hall–Kier alpha value is -1.68. The molecule has 1 N–H and O–H groups in total. The molecule has 0 spiro atoms. The lowest BCUT2D eigenvalue weighted by molar-refractivity contribution is 0.322. The van der Waals surface area contributed by atoms with Crippen molar-refractivity contribution in [3.05, 3.63) is 52.0 Å². The van der Waals surface area contributed by atoms with Gasteiger partial charge in [0.05, 0.1) is 6.21 Å². The van der Waals surface area contributed by atoms with E-state index < -0.39 is 0 Å². The quantitative estimate of drug-likeness (QED) is 0.500. The van der Waals surface area contributed by atoms with Crippen LogP contribution in [-0.4, -0.2) is 16.4 Å². The number of rotatable bonds is 4. The molecule has 2 aromatic heterocycles. The highest BCUT2D eigenvalue weighted by Crippen LogP contribution is 2.16. The van der Waals surface area contributed by atoms with Crippen LogP contribution in [-0.2, 0) is 12.8 Å². The molecule has 16 heavy (non-hydrogen) atoms. The number of nitrogens with zero attached hydrogens (tertiary/aromatic N) is 2. The van der Waals surface area contributed by atoms with Crippen molar-refractivity contribution in [2.75, 3.05) is 0 Å². The Morgan fingerprint density at radius 3 is 3.00 bits per heavy atom. The summed E-state index contributed by atoms with van der Waals surface area (Å²) < 4.78 is 0. The molecule has 0 atom stereocenters. The highest BCUT2D eigenvalue weighted by molar-refractivity contribution is 7.13. The number of aromatic nitrogens is 1. The van der Waals surface area contributed by atoms with Crippen molar-refractivity contribution in [2.24, 2.45) is 5.16 Å². The van der Waals surface area contributed by atoms with Gasteiger partial charge in [-0.2, -0.15) is 0 Å². The van der Waals surface area contributed by atoms with Gasteiger partial charge in [0.15, 0.2) is 0 Å². The van der Waals surface area contributed by atoms with E-state index in [4.69, 9.17) is 5.21 Å². The van der Waals surface area contributed by atoms with E-state index >= 15 is 0 Å². The average Bonchev–Trinajstić information content (AvgIpc) is 2.76. The lowest BCUT2D eigenvalue weighted by Crippen LogP contribution is -1.88. The molecular formula is C12H12N2OS. The monoisotopic (exact) mass is 232 g/mol. The second-order valence-electron chi connectivity index (χ2n) is 3.41. The third kappa shape index (κ3) is 2.90. The molecule has 0 saturated carbocycles. The second-order valence-corrected chi connectivity index (χ2v) is 4.61. The predicted molar refractivity (Wildman–Crippen MR) is 65.3 cm³/mol. The van der Waals surface area contributed by atoms with Gasteiger partial charge < -0.3 is 5.21 Å². The van der Waals surface area contributed by atoms with Crippen LogP contribution in [0.4, 0.5) is 0 Å². The number of hydrogen-bond donors (Lipinski definition) is 1. The smallest absolute Gasteiger partial charge is 0.0833 e. The van der Waals surface area contributed by atoms with Gasteiger partial charge in [-0.05, 0) is 36.6 Å². The zero-order valence-corrected chi connectivity index (χ0v) is 9.52. The normalized spacial score (nSPS) is 11.0. The zero-order chi connectivity index (χ0) is 11.2. The number of hydrogen-bond acceptors (Lipinski definition) is 4. The Bertz CT molecular complexity index is 465. The summed E-state index contributed by atoms with van der Waals surface area (Å²) in [6, 6.07) is 8.06. The van der Waals surface area contributed by atoms with Gasteiger partial charge in [-0.3, -0.25) is 4.98 Å². The summed E-state index contributed by atoms with van der Waals surface area (Å²) in [6.07, 6.45) is 7.12. The number of thiophene rings is 1. The number of pyridine rings is 1. The van der Waals surface area contributed by atoms with E-state index in [1.807, 2.05) is 18.3 Å². The van der Waals surface area contributed by atoms with E-state index in [0.29, 0.717) is 0 Å². The van der Waals surface area contributed by atoms with E-state index in [-0.39, 0.29) is 0 Å². The molecule has 0 aliphatic heterocycles. The van der Waals surface area contributed by atoms with E-state index in [9.17, 15) is 0 Å². The van der Waals surface area contributed by atoms with Gasteiger partial charge in [0.1, 0.15) is 0 Å². The maximum absolute atomic E-state index is 8.40. The molecule has 0 saturated heterocycles. The van der Waals surface area contributed by atoms with Gasteiger partial charge in [-0.25, -0.2) is 0 Å². The van der Waals surface area contributed by atoms with Crippen LogP contribution in [0.2, 0.25) is 0 Å². The van der Waals surface area contributed by atoms with Crippen LogP contribution in [0.3, 0.4) is 0 Å². The van der Waals surface area contributed by atoms with Crippen molar-refractivity contribution < 1.29 is 5.21 Å². The van der Waals surface area contributed by atoms with Crippen LogP contribution in [0, 0.1) is 0 Å². The third-order valence-corrected chi connectivity index (χ3v) is 3.33. The molecule has 0 fully saturated rings. The molecule has 0 aromatic carbocycles. The molecule has 82 valence electrons. The van der Waals surface area contributed by atoms with E-state index in [1.165, 1.54) is 16.7 Å². The van der Waals surface area contributed by atoms with E-state index in [2.05, 4.69) is 22.3 Å². The van der Waals surface area contributed by atoms with Crippen molar-refractivity contribution >= 4 is 17.6 Å². The molecule has 0 amide bonds. The predicted octanol–water partition coefficient (Wildman–Crippen LogP) is 2.74. The Balaban J connectivity index is 1.94. The summed E-state index contributed by atoms with van der Waals surface area (Å²) in [5.74, 6) is 0. The first-order chi connectivity index (χ1) is 7.88. The van der Waals surface area contributed by atoms with Crippen molar-refractivity contribution in [2.45, 2.75) is 12.8 Å². The molecule has 0 bridgehead atoms. The van der Waals surface area contributed by atoms with Crippen LogP contribution in [0.1, 0.15) is 15.3 Å². The Labute approximate surface area is 98.1 Å². The largest absolute Gasteiger partial charge is 0.411 e. The van der Waals surface area contributed by atoms with Crippen molar-refractivity contribution in [1.29, 1.82) is 0 Å². The van der Waals surface area contributed by atoms with E-state index in [1.54, 1.807) is 17.5 Å². The van der Waals surface area contributed by atoms with Crippen LogP contribution in [0.5, 0.6) is 0 Å². The van der Waals surface area contributed by atoms with Gasteiger partial charge in [-0.15, -0.1) is 11.3 Å². The fraction of sp³-hybridized carbons (Fsp3) is 0.167. The molecule has 2 aromatic rings. The summed E-state index contributed by atoms with van der Waals surface area (Å²) in [7, 11) is 0. The summed E-state index contributed by atoms with van der Waals surface area (Å²) in [5.41, 5.74) is 1.24. The van der Waals surface area contributed by atoms with Gasteiger partial charge in [-0.1, -0.05) is 11.2 Å². The topological polar surface area (TPSA) is 45.5 Å². The molecule has 0 aliphatic rings. The highest BCUT2D eigenvalue weighted by atomic mass is 32.1. The Morgan fingerprint density at radius 2 is 2.25 bits per heavy atom. The first-order valence-corrected chi connectivity index (χ1v) is 5.85. The molecule has 4 heteroatoms. The van der Waals surface area contributed by atoms with Crippen LogP contribution < -0.4 is 0 Å². The Morgan fingerprint density at radius 1 is 1.31 bits per heavy atom. The first-order valence-electron chi connectivity index (χ1n) is 5.03. The highest BCUT2D eigenvalue weighted by Gasteiger charge is 1.99. The fourth-order valence-corrected chi connectivity index (χ4v) is 2.35. The molecular weight excluding hydrogens is 220 g/mol. The Kier molecular flexibility index (Phi) is 3.66. The van der Waals surface area contributed by atoms with Crippen molar-refractivity contribution in [3.63, 3.8) is 0 Å². The maximum atomic E-state index is 8.40. The van der Waals surface area contributed by atoms with Gasteiger partial charge in [0, 0.05) is 22.1 Å². The number of aryl methyl sites for hydroxylation is 2. The minimum Gasteiger partial charge on any atom is -0.411 e. The van der Waals surface area contributed by atoms with Crippen molar-refractivity contribution in [1.82, 2.24) is 4.98 Å². The fourth-order valence-electron chi connectivity index (χ4n) is 1.47. The lowest BCUT2D eigenvalue weighted by Gasteiger charge is -1.97. The van der Waals surface area contributed by atoms with Gasteiger partial charge in [0.2, 0.25) is 0 Å². The van der Waals surface area contributed by atoms with Gasteiger partial charge in [0.25, 0.3) is 0 Å². The van der Waals surface area contributed by atoms with Gasteiger partial charge >= 0.3 is 0 Å². The molecule has 3 nitrogen and oxygen atoms in total. The summed E-state index contributed by atoms with van der Waals surface area (Å²) in [4.78, 5) is 6.35. The third-order valence-electron chi connectivity index (χ3n) is 2.25. The average molecular weight is 232 g/mol. The molecule has 0 unspecified atom stereocenters. The number of oxime groups is 1. The minimum absolute atomic E-state index is 0.976. The first kappa shape index (κ1) is 10.8. The van der Waals surface area contributed by atoms with Crippen LogP contribution in [0.15, 0.2) is 41.8 Å².